The lowest BCUT2D eigenvalue weighted by Crippen LogP contribution is -2.47. The zero-order valence-corrected chi connectivity index (χ0v) is 13.5. The molecule has 0 spiro atoms. The van der Waals surface area contributed by atoms with E-state index in [-0.39, 0.29) is 13.2 Å². The molecule has 0 bridgehead atoms. The number of nitrogens with zero attached hydrogens (tertiary/aromatic N) is 3. The fraction of sp³-hybridized carbons (Fsp3) is 0.533. The lowest BCUT2D eigenvalue weighted by Gasteiger charge is -2.31. The molecule has 0 saturated carbocycles. The second kappa shape index (κ2) is 6.77. The van der Waals surface area contributed by atoms with Crippen LogP contribution in [0, 0.1) is 0 Å². The van der Waals surface area contributed by atoms with Crippen LogP contribution in [0.1, 0.15) is 17.7 Å². The van der Waals surface area contributed by atoms with Crippen molar-refractivity contribution in [3.8, 4) is 0 Å². The Hall–Kier alpha value is -1.77. The van der Waals surface area contributed by atoms with E-state index in [1.165, 1.54) is 0 Å². The average molecular weight is 337 g/mol. The number of thiophene rings is 1. The van der Waals surface area contributed by atoms with Crippen molar-refractivity contribution in [3.63, 3.8) is 0 Å². The molecule has 3 rings (SSSR count). The van der Waals surface area contributed by atoms with Crippen LogP contribution in [0.5, 0.6) is 0 Å². The molecule has 0 unspecified atom stereocenters. The van der Waals surface area contributed by atoms with E-state index in [1.807, 2.05) is 22.4 Å². The Morgan fingerprint density at radius 3 is 2.70 bits per heavy atom. The summed E-state index contributed by atoms with van der Waals surface area (Å²) in [5.74, 6) is -1.54. The Labute approximate surface area is 138 Å². The third kappa shape index (κ3) is 3.44. The maximum absolute atomic E-state index is 12.4. The lowest BCUT2D eigenvalue weighted by molar-refractivity contribution is -0.144. The number of aliphatic hydroxyl groups is 1. The van der Waals surface area contributed by atoms with Crippen molar-refractivity contribution >= 4 is 29.2 Å². The molecule has 124 valence electrons. The summed E-state index contributed by atoms with van der Waals surface area (Å²) in [5.41, 5.74) is 0. The molecule has 1 atom stereocenters. The van der Waals surface area contributed by atoms with Gasteiger partial charge in [-0.15, -0.1) is 11.3 Å². The molecular weight excluding hydrogens is 318 g/mol. The Kier molecular flexibility index (Phi) is 4.74. The number of urea groups is 1. The van der Waals surface area contributed by atoms with Gasteiger partial charge in [0.2, 0.25) is 0 Å². The van der Waals surface area contributed by atoms with Crippen LogP contribution < -0.4 is 0 Å². The first-order valence-corrected chi connectivity index (χ1v) is 8.54. The first-order valence-electron chi connectivity index (χ1n) is 7.66. The van der Waals surface area contributed by atoms with Crippen LogP contribution in [0.25, 0.3) is 0 Å². The zero-order valence-electron chi connectivity index (χ0n) is 12.7. The van der Waals surface area contributed by atoms with Crippen molar-refractivity contribution in [2.75, 3.05) is 26.3 Å². The predicted octanol–water partition coefficient (Wildman–Crippen LogP) is 0.496. The number of piperidine rings is 1. The first-order chi connectivity index (χ1) is 11.1. The van der Waals surface area contributed by atoms with Crippen molar-refractivity contribution in [3.05, 3.63) is 22.4 Å². The number of carbonyl (C=O) groups is 3. The topological polar surface area (TPSA) is 81.2 Å². The second-order valence-electron chi connectivity index (χ2n) is 5.82. The van der Waals surface area contributed by atoms with Crippen molar-refractivity contribution in [2.45, 2.75) is 25.4 Å². The molecule has 2 fully saturated rings. The van der Waals surface area contributed by atoms with Crippen molar-refractivity contribution < 1.29 is 19.5 Å². The molecular formula is C15H19N3O4S. The summed E-state index contributed by atoms with van der Waals surface area (Å²) < 4.78 is 0. The van der Waals surface area contributed by atoms with Gasteiger partial charge in [-0.2, -0.15) is 0 Å². The van der Waals surface area contributed by atoms with Gasteiger partial charge in [0.1, 0.15) is 0 Å². The van der Waals surface area contributed by atoms with Crippen LogP contribution in [0.3, 0.4) is 0 Å². The summed E-state index contributed by atoms with van der Waals surface area (Å²) in [6.07, 6.45) is 1.65. The summed E-state index contributed by atoms with van der Waals surface area (Å²) in [6.45, 7) is 1.40. The highest BCUT2D eigenvalue weighted by Gasteiger charge is 2.44. The van der Waals surface area contributed by atoms with Crippen LogP contribution in [-0.4, -0.2) is 70.1 Å². The van der Waals surface area contributed by atoms with Gasteiger partial charge in [0.05, 0.1) is 12.8 Å². The van der Waals surface area contributed by atoms with Gasteiger partial charge in [-0.3, -0.25) is 19.4 Å². The fourth-order valence-electron chi connectivity index (χ4n) is 2.91. The molecule has 0 aromatic carbocycles. The van der Waals surface area contributed by atoms with E-state index in [0.29, 0.717) is 19.5 Å². The van der Waals surface area contributed by atoms with Gasteiger partial charge in [-0.05, 0) is 24.3 Å². The minimum Gasteiger partial charge on any atom is -0.392 e. The maximum atomic E-state index is 12.4. The molecule has 0 radical (unpaired) electrons. The molecule has 3 heterocycles. The Morgan fingerprint density at radius 1 is 1.22 bits per heavy atom. The summed E-state index contributed by atoms with van der Waals surface area (Å²) in [7, 11) is 0. The van der Waals surface area contributed by atoms with Gasteiger partial charge < -0.3 is 5.11 Å². The molecule has 2 saturated heterocycles. The van der Waals surface area contributed by atoms with Crippen molar-refractivity contribution in [1.82, 2.24) is 14.7 Å². The lowest BCUT2D eigenvalue weighted by atomic mass is 10.1. The molecule has 1 aromatic rings. The third-order valence-electron chi connectivity index (χ3n) is 4.12. The Balaban J connectivity index is 1.62. The Morgan fingerprint density at radius 2 is 2.00 bits per heavy atom. The average Bonchev–Trinajstić information content (AvgIpc) is 3.10. The van der Waals surface area contributed by atoms with E-state index >= 15 is 0 Å². The summed E-state index contributed by atoms with van der Waals surface area (Å²) in [4.78, 5) is 41.4. The minimum atomic E-state index is -0.777. The highest BCUT2D eigenvalue weighted by atomic mass is 32.1. The number of β-amino-alcohol motifs (C(OH)–C–C–N with tert-alkyl or cyclic N) is 1. The highest BCUT2D eigenvalue weighted by molar-refractivity contribution is 7.09. The standard InChI is InChI=1S/C15H19N3O4S/c19-11-3-1-6-16(9-11)10-18-14(21)13(20)17(15(18)22)7-5-12-4-2-8-23-12/h2,4,8,11,19H,1,3,5-7,9-10H2/t11-/m1/s1. The number of aliphatic hydroxyl groups excluding tert-OH is 1. The van der Waals surface area contributed by atoms with Gasteiger partial charge in [0.25, 0.3) is 0 Å². The quantitative estimate of drug-likeness (QED) is 0.625. The zero-order chi connectivity index (χ0) is 16.4. The van der Waals surface area contributed by atoms with Crippen molar-refractivity contribution in [1.29, 1.82) is 0 Å². The van der Waals surface area contributed by atoms with Gasteiger partial charge >= 0.3 is 17.8 Å². The fourth-order valence-corrected chi connectivity index (χ4v) is 3.61. The summed E-state index contributed by atoms with van der Waals surface area (Å²) in [6, 6.07) is 3.29. The van der Waals surface area contributed by atoms with E-state index in [0.717, 1.165) is 27.5 Å². The van der Waals surface area contributed by atoms with E-state index in [4.69, 9.17) is 0 Å². The SMILES string of the molecule is O=C1C(=O)N(CN2CCC[C@@H](O)C2)C(=O)N1CCc1cccs1. The number of hydrogen-bond acceptors (Lipinski definition) is 6. The van der Waals surface area contributed by atoms with Crippen molar-refractivity contribution in [2.24, 2.45) is 0 Å². The largest absolute Gasteiger partial charge is 0.392 e. The van der Waals surface area contributed by atoms with Gasteiger partial charge in [-0.1, -0.05) is 6.07 Å². The third-order valence-corrected chi connectivity index (χ3v) is 5.06. The van der Waals surface area contributed by atoms with E-state index < -0.39 is 23.9 Å². The smallest absolute Gasteiger partial charge is 0.335 e. The number of carbonyl (C=O) groups excluding carboxylic acids is 3. The molecule has 1 N–H and O–H groups in total. The van der Waals surface area contributed by atoms with Gasteiger partial charge in [0, 0.05) is 30.9 Å². The minimum absolute atomic E-state index is 0.0654. The number of imide groups is 2. The monoisotopic (exact) mass is 337 g/mol. The van der Waals surface area contributed by atoms with E-state index in [2.05, 4.69) is 0 Å². The van der Waals surface area contributed by atoms with Crippen LogP contribution in [0.4, 0.5) is 4.79 Å². The molecule has 2 aliphatic heterocycles. The predicted molar refractivity (Wildman–Crippen MR) is 83.7 cm³/mol. The molecule has 0 aliphatic carbocycles. The normalized spacial score (nSPS) is 23.2. The van der Waals surface area contributed by atoms with Crippen LogP contribution in [-0.2, 0) is 16.0 Å². The maximum Gasteiger partial charge on any atom is 0.335 e. The molecule has 4 amide bonds. The number of hydrogen-bond donors (Lipinski definition) is 1. The van der Waals surface area contributed by atoms with E-state index in [1.54, 1.807) is 11.3 Å². The van der Waals surface area contributed by atoms with E-state index in [9.17, 15) is 19.5 Å². The van der Waals surface area contributed by atoms with Crippen LogP contribution in [0.15, 0.2) is 17.5 Å². The highest BCUT2D eigenvalue weighted by Crippen LogP contribution is 2.17. The van der Waals surface area contributed by atoms with Crippen LogP contribution in [0.2, 0.25) is 0 Å². The number of rotatable bonds is 5. The summed E-state index contributed by atoms with van der Waals surface area (Å²) >= 11 is 1.56. The molecule has 23 heavy (non-hydrogen) atoms. The number of likely N-dealkylation sites (tertiary alicyclic amines) is 1. The molecule has 7 nitrogen and oxygen atoms in total. The molecule has 8 heteroatoms. The summed E-state index contributed by atoms with van der Waals surface area (Å²) in [5, 5.41) is 11.6. The first kappa shape index (κ1) is 16.1. The van der Waals surface area contributed by atoms with Crippen LogP contribution >= 0.6 is 11.3 Å². The van der Waals surface area contributed by atoms with Gasteiger partial charge in [-0.25, -0.2) is 9.69 Å². The Bertz CT molecular complexity index is 604. The number of amides is 4. The molecule has 2 aliphatic rings. The molecule has 1 aromatic heterocycles. The second-order valence-corrected chi connectivity index (χ2v) is 6.85. The van der Waals surface area contributed by atoms with Gasteiger partial charge in [0.15, 0.2) is 0 Å².